The normalized spacial score (nSPS) is 15.3. The lowest BCUT2D eigenvalue weighted by molar-refractivity contribution is -0.419. The van der Waals surface area contributed by atoms with Gasteiger partial charge < -0.3 is 15.6 Å². The van der Waals surface area contributed by atoms with E-state index < -0.39 is 68.4 Å². The molecule has 0 saturated heterocycles. The third-order valence-corrected chi connectivity index (χ3v) is 4.66. The monoisotopic (exact) mass is 574 g/mol. The molecule has 0 aliphatic heterocycles. The van der Waals surface area contributed by atoms with Crippen LogP contribution in [0.3, 0.4) is 0 Å². The fourth-order valence-corrected chi connectivity index (χ4v) is 2.39. The number of halogens is 13. The maximum absolute atomic E-state index is 14.1. The molecule has 0 aliphatic rings. The molecule has 0 fully saturated rings. The van der Waals surface area contributed by atoms with E-state index in [1.807, 2.05) is 0 Å². The summed E-state index contributed by atoms with van der Waals surface area (Å²) in [7, 11) is 0. The van der Waals surface area contributed by atoms with Crippen molar-refractivity contribution in [3.63, 3.8) is 0 Å². The molecule has 1 atom stereocenters. The number of nitrogens with zero attached hydrogens (tertiary/aromatic N) is 3. The zero-order chi connectivity index (χ0) is 28.7. The number of hydrogen-bond donors (Lipinski definition) is 3. The number of hydrazone groups is 1. The second kappa shape index (κ2) is 9.80. The van der Waals surface area contributed by atoms with Crippen LogP contribution in [0, 0.1) is 16.3 Å². The van der Waals surface area contributed by atoms with Crippen molar-refractivity contribution in [3.05, 3.63) is 28.6 Å². The van der Waals surface area contributed by atoms with Gasteiger partial charge in [-0.3, -0.25) is 15.8 Å². The van der Waals surface area contributed by atoms with Crippen molar-refractivity contribution >= 4 is 34.9 Å². The first-order chi connectivity index (χ1) is 15.9. The van der Waals surface area contributed by atoms with E-state index in [1.54, 1.807) is 5.43 Å². The molecule has 1 aromatic rings. The van der Waals surface area contributed by atoms with Crippen LogP contribution in [0.25, 0.3) is 0 Å². The molecule has 0 radical (unpaired) electrons. The molecule has 36 heavy (non-hydrogen) atoms. The summed E-state index contributed by atoms with van der Waals surface area (Å²) < 4.78 is 161. The van der Waals surface area contributed by atoms with Gasteiger partial charge in [-0.1, -0.05) is 6.92 Å². The zero-order valence-corrected chi connectivity index (χ0v) is 17.6. The second-order valence-corrected chi connectivity index (χ2v) is 7.32. The number of alkyl halides is 13. The Morgan fingerprint density at radius 3 is 1.78 bits per heavy atom. The minimum Gasteiger partial charge on any atom is -0.769 e. The Balaban J connectivity index is 3.30. The summed E-state index contributed by atoms with van der Waals surface area (Å²) in [6.07, 6.45) is -0.347. The molecular weight excluding hydrogens is 564 g/mol. The minimum atomic E-state index is -7.80. The van der Waals surface area contributed by atoms with Gasteiger partial charge in [0.25, 0.3) is 0 Å². The van der Waals surface area contributed by atoms with Crippen LogP contribution in [0.2, 0.25) is 0 Å². The SMILES string of the molecule is C[C@@H](C=NNc1ccc(N([O-])[O-])cc1N(O)O)C(F)(F)C(F)(F)C(F)(F)C(F)(F)C(F)(F)C(F)(F)Cl. The van der Waals surface area contributed by atoms with E-state index in [0.29, 0.717) is 18.2 Å². The number of hydrogen-bond acceptors (Lipinski definition) is 8. The second-order valence-electron chi connectivity index (χ2n) is 6.84. The van der Waals surface area contributed by atoms with Gasteiger partial charge in [0, 0.05) is 11.9 Å². The first-order valence-electron chi connectivity index (χ1n) is 8.59. The molecule has 0 amide bonds. The maximum atomic E-state index is 14.1. The lowest BCUT2D eigenvalue weighted by Gasteiger charge is -2.41. The molecular formula is C15H11ClF12N4O4-2. The van der Waals surface area contributed by atoms with E-state index in [2.05, 4.69) is 16.7 Å². The zero-order valence-electron chi connectivity index (χ0n) is 16.9. The van der Waals surface area contributed by atoms with Crippen LogP contribution in [-0.2, 0) is 0 Å². The number of anilines is 3. The van der Waals surface area contributed by atoms with Gasteiger partial charge in [0.15, 0.2) is 0 Å². The van der Waals surface area contributed by atoms with Crippen LogP contribution >= 0.6 is 11.6 Å². The van der Waals surface area contributed by atoms with Crippen molar-refractivity contribution in [3.8, 4) is 0 Å². The van der Waals surface area contributed by atoms with Gasteiger partial charge >= 0.3 is 35.0 Å². The summed E-state index contributed by atoms with van der Waals surface area (Å²) in [6.45, 7) is -0.0389. The van der Waals surface area contributed by atoms with Crippen molar-refractivity contribution in [2.24, 2.45) is 11.0 Å². The molecule has 208 valence electrons. The van der Waals surface area contributed by atoms with Crippen LogP contribution in [-0.4, -0.2) is 51.6 Å². The fraction of sp³-hybridized carbons (Fsp3) is 0.533. The highest BCUT2D eigenvalue weighted by Crippen LogP contribution is 2.61. The molecule has 8 nitrogen and oxygen atoms in total. The van der Waals surface area contributed by atoms with E-state index in [9.17, 15) is 63.1 Å². The molecule has 0 aliphatic carbocycles. The first kappa shape index (κ1) is 31.6. The van der Waals surface area contributed by atoms with Gasteiger partial charge in [-0.2, -0.15) is 57.8 Å². The van der Waals surface area contributed by atoms with Gasteiger partial charge in [0.1, 0.15) is 5.69 Å². The summed E-state index contributed by atoms with van der Waals surface area (Å²) in [5.41, 5.74) is -0.642. The summed E-state index contributed by atoms with van der Waals surface area (Å²) in [5.74, 6) is -40.1. The van der Waals surface area contributed by atoms with Crippen molar-refractivity contribution in [2.45, 2.75) is 41.9 Å². The Morgan fingerprint density at radius 1 is 0.889 bits per heavy atom. The molecule has 0 spiro atoms. The van der Waals surface area contributed by atoms with Crippen LogP contribution < -0.4 is 15.9 Å². The molecule has 3 N–H and O–H groups in total. The standard InChI is InChI=1S/C15H11ClF12N4O4/c1-6(5-29-30-8-3-2-7(31(33)34)4-9(8)32(35)36)10(17,18)11(19,20)12(21,22)13(23,24)14(25,26)15(16,27)28/h2-6,30,35-36H,1H3/q-2/t6-/m0/s1. The molecule has 21 heteroatoms. The third-order valence-electron chi connectivity index (χ3n) is 4.42. The smallest absolute Gasteiger partial charge is 0.393 e. The lowest BCUT2D eigenvalue weighted by atomic mass is 9.89. The van der Waals surface area contributed by atoms with Crippen molar-refractivity contribution in [1.82, 2.24) is 0 Å². The van der Waals surface area contributed by atoms with Crippen molar-refractivity contribution < 1.29 is 63.1 Å². The molecule has 0 unspecified atom stereocenters. The fourth-order valence-electron chi connectivity index (χ4n) is 2.27. The van der Waals surface area contributed by atoms with Crippen molar-refractivity contribution in [1.29, 1.82) is 0 Å². The summed E-state index contributed by atoms with van der Waals surface area (Å²) in [5, 5.41) is 33.9. The molecule has 1 aromatic carbocycles. The molecule has 0 bridgehead atoms. The van der Waals surface area contributed by atoms with E-state index in [1.165, 1.54) is 0 Å². The Bertz CT molecular complexity index is 959. The Labute approximate surface area is 196 Å². The lowest BCUT2D eigenvalue weighted by Crippen LogP contribution is -2.70. The highest BCUT2D eigenvalue weighted by atomic mass is 35.5. The Morgan fingerprint density at radius 2 is 1.36 bits per heavy atom. The predicted molar refractivity (Wildman–Crippen MR) is 98.5 cm³/mol. The number of rotatable bonds is 11. The average molecular weight is 575 g/mol. The quantitative estimate of drug-likeness (QED) is 0.126. The largest absolute Gasteiger partial charge is 0.769 e. The Kier molecular flexibility index (Phi) is 8.61. The molecule has 1 rings (SSSR count). The van der Waals surface area contributed by atoms with Gasteiger partial charge in [-0.15, -0.1) is 5.23 Å². The molecule has 0 saturated carbocycles. The van der Waals surface area contributed by atoms with Crippen LogP contribution in [0.4, 0.5) is 69.7 Å². The summed E-state index contributed by atoms with van der Waals surface area (Å²) in [6, 6.07) is 1.83. The van der Waals surface area contributed by atoms with Gasteiger partial charge in [0.2, 0.25) is 0 Å². The Hall–Kier alpha value is -2.42. The molecule has 0 heterocycles. The van der Waals surface area contributed by atoms with Gasteiger partial charge in [-0.25, -0.2) is 0 Å². The summed E-state index contributed by atoms with van der Waals surface area (Å²) in [4.78, 5) is 0. The molecule has 0 aromatic heterocycles. The van der Waals surface area contributed by atoms with Gasteiger partial charge in [0.05, 0.1) is 11.6 Å². The maximum Gasteiger partial charge on any atom is 0.393 e. The van der Waals surface area contributed by atoms with Crippen LogP contribution in [0.1, 0.15) is 6.92 Å². The number of nitrogens with one attached hydrogen (secondary N) is 1. The average Bonchev–Trinajstić information content (AvgIpc) is 2.71. The van der Waals surface area contributed by atoms with Crippen molar-refractivity contribution in [2.75, 3.05) is 15.9 Å². The first-order valence-corrected chi connectivity index (χ1v) is 8.97. The van der Waals surface area contributed by atoms with Crippen LogP contribution in [0.5, 0.6) is 0 Å². The van der Waals surface area contributed by atoms with E-state index >= 15 is 0 Å². The summed E-state index contributed by atoms with van der Waals surface area (Å²) >= 11 is 3.60. The predicted octanol–water partition coefficient (Wildman–Crippen LogP) is 6.12. The highest BCUT2D eigenvalue weighted by molar-refractivity contribution is 6.22. The minimum absolute atomic E-state index is 0.0389. The van der Waals surface area contributed by atoms with E-state index in [0.717, 1.165) is 0 Å². The van der Waals surface area contributed by atoms with E-state index in [4.69, 9.17) is 10.4 Å². The topological polar surface area (TPSA) is 117 Å². The van der Waals surface area contributed by atoms with Gasteiger partial charge in [-0.05, 0) is 29.8 Å². The highest BCUT2D eigenvalue weighted by Gasteiger charge is 2.90. The number of benzene rings is 1. The van der Waals surface area contributed by atoms with E-state index in [-0.39, 0.29) is 13.1 Å². The van der Waals surface area contributed by atoms with Crippen LogP contribution in [0.15, 0.2) is 23.3 Å². The third kappa shape index (κ3) is 5.17.